The van der Waals surface area contributed by atoms with Crippen LogP contribution in [-0.2, 0) is 4.79 Å². The van der Waals surface area contributed by atoms with Gasteiger partial charge in [-0.3, -0.25) is 9.59 Å². The number of ether oxygens (including phenoxy) is 2. The normalized spacial score (nSPS) is 11.7. The first-order chi connectivity index (χ1) is 14.4. The van der Waals surface area contributed by atoms with Gasteiger partial charge in [0, 0.05) is 15.6 Å². The van der Waals surface area contributed by atoms with E-state index >= 15 is 0 Å². The molecule has 0 aliphatic rings. The zero-order valence-electron chi connectivity index (χ0n) is 17.3. The zero-order valence-corrected chi connectivity index (χ0v) is 18.9. The van der Waals surface area contributed by atoms with Crippen molar-refractivity contribution in [2.45, 2.75) is 32.7 Å². The fraction of sp³-hybridized carbons (Fsp3) is 0.318. The van der Waals surface area contributed by atoms with Gasteiger partial charge < -0.3 is 14.8 Å². The number of nitrogens with zero attached hydrogens (tertiary/aromatic N) is 1. The first-order valence-electron chi connectivity index (χ1n) is 9.64. The average Bonchev–Trinajstić information content (AvgIpc) is 2.75. The third kappa shape index (κ3) is 7.18. The number of halogens is 1. The predicted molar refractivity (Wildman–Crippen MR) is 120 cm³/mol. The van der Waals surface area contributed by atoms with Gasteiger partial charge in [-0.15, -0.1) is 0 Å². The Labute approximate surface area is 185 Å². The minimum Gasteiger partial charge on any atom is -0.497 e. The molecule has 8 heteroatoms. The molecule has 2 aromatic rings. The Kier molecular flexibility index (Phi) is 9.34. The standard InChI is InChI=1S/C22H26BrN3O4/c1-4-5-12-30-20-11-8-18(23)13-17(20)14-24-26-21(27)15(2)25-22(28)16-6-9-19(29-3)10-7-16/h6-11,13-15H,4-5,12H2,1-3H3,(H,25,28)(H,26,27). The quantitative estimate of drug-likeness (QED) is 0.309. The lowest BCUT2D eigenvalue weighted by molar-refractivity contribution is -0.122. The summed E-state index contributed by atoms with van der Waals surface area (Å²) in [7, 11) is 1.55. The third-order valence-electron chi connectivity index (χ3n) is 4.20. The van der Waals surface area contributed by atoms with Crippen LogP contribution in [0.2, 0.25) is 0 Å². The molecule has 2 rings (SSSR count). The summed E-state index contributed by atoms with van der Waals surface area (Å²) >= 11 is 3.42. The van der Waals surface area contributed by atoms with Crippen molar-refractivity contribution in [3.8, 4) is 11.5 Å². The van der Waals surface area contributed by atoms with Gasteiger partial charge in [-0.1, -0.05) is 29.3 Å². The molecule has 30 heavy (non-hydrogen) atoms. The van der Waals surface area contributed by atoms with Crippen molar-refractivity contribution in [1.29, 1.82) is 0 Å². The van der Waals surface area contributed by atoms with E-state index < -0.39 is 11.9 Å². The summed E-state index contributed by atoms with van der Waals surface area (Å²) in [6.07, 6.45) is 3.51. The van der Waals surface area contributed by atoms with Crippen LogP contribution in [-0.4, -0.2) is 37.8 Å². The van der Waals surface area contributed by atoms with Gasteiger partial charge in [-0.05, 0) is 55.8 Å². The Morgan fingerprint density at radius 1 is 1.20 bits per heavy atom. The second-order valence-corrected chi connectivity index (χ2v) is 7.46. The van der Waals surface area contributed by atoms with E-state index in [2.05, 4.69) is 38.7 Å². The molecule has 7 nitrogen and oxygen atoms in total. The molecule has 0 aromatic heterocycles. The van der Waals surface area contributed by atoms with Gasteiger partial charge in [-0.25, -0.2) is 5.43 Å². The molecule has 1 unspecified atom stereocenters. The Morgan fingerprint density at radius 3 is 2.60 bits per heavy atom. The maximum atomic E-state index is 12.3. The third-order valence-corrected chi connectivity index (χ3v) is 4.69. The zero-order chi connectivity index (χ0) is 21.9. The Morgan fingerprint density at radius 2 is 1.93 bits per heavy atom. The highest BCUT2D eigenvalue weighted by Crippen LogP contribution is 2.22. The van der Waals surface area contributed by atoms with Crippen molar-refractivity contribution in [1.82, 2.24) is 10.7 Å². The molecule has 0 bridgehead atoms. The van der Waals surface area contributed by atoms with Gasteiger partial charge in [0.1, 0.15) is 17.5 Å². The maximum absolute atomic E-state index is 12.3. The SMILES string of the molecule is CCCCOc1ccc(Br)cc1C=NNC(=O)C(C)NC(=O)c1ccc(OC)cc1. The van der Waals surface area contributed by atoms with Gasteiger partial charge in [0.2, 0.25) is 0 Å². The summed E-state index contributed by atoms with van der Waals surface area (Å²) in [5, 5.41) is 6.64. The number of hydrogen-bond acceptors (Lipinski definition) is 5. The molecule has 0 saturated heterocycles. The van der Waals surface area contributed by atoms with Crippen molar-refractivity contribution in [2.75, 3.05) is 13.7 Å². The van der Waals surface area contributed by atoms with Crippen molar-refractivity contribution in [3.05, 3.63) is 58.1 Å². The molecule has 0 aliphatic carbocycles. The van der Waals surface area contributed by atoms with Crippen LogP contribution in [0, 0.1) is 0 Å². The van der Waals surface area contributed by atoms with Gasteiger partial charge in [0.25, 0.3) is 11.8 Å². The van der Waals surface area contributed by atoms with E-state index in [0.717, 1.165) is 22.9 Å². The maximum Gasteiger partial charge on any atom is 0.262 e. The summed E-state index contributed by atoms with van der Waals surface area (Å²) in [6.45, 7) is 4.29. The molecule has 0 spiro atoms. The average molecular weight is 476 g/mol. The molecule has 2 aromatic carbocycles. The van der Waals surface area contributed by atoms with Crippen molar-refractivity contribution >= 4 is 34.0 Å². The molecule has 2 N–H and O–H groups in total. The first kappa shape index (κ1) is 23.4. The summed E-state index contributed by atoms with van der Waals surface area (Å²) in [5.41, 5.74) is 3.61. The number of unbranched alkanes of at least 4 members (excludes halogenated alkanes) is 1. The largest absolute Gasteiger partial charge is 0.497 e. The molecule has 1 atom stereocenters. The van der Waals surface area contributed by atoms with Gasteiger partial charge >= 0.3 is 0 Å². The fourth-order valence-electron chi connectivity index (χ4n) is 2.43. The lowest BCUT2D eigenvalue weighted by atomic mass is 10.2. The van der Waals surface area contributed by atoms with E-state index in [1.807, 2.05) is 18.2 Å². The molecular weight excluding hydrogens is 450 g/mol. The molecule has 0 heterocycles. The van der Waals surface area contributed by atoms with Gasteiger partial charge in [0.15, 0.2) is 0 Å². The molecule has 0 aliphatic heterocycles. The first-order valence-corrected chi connectivity index (χ1v) is 10.4. The highest BCUT2D eigenvalue weighted by Gasteiger charge is 2.16. The van der Waals surface area contributed by atoms with Crippen LogP contribution in [0.3, 0.4) is 0 Å². The number of methoxy groups -OCH3 is 1. The molecule has 160 valence electrons. The summed E-state index contributed by atoms with van der Waals surface area (Å²) < 4.78 is 11.7. The van der Waals surface area contributed by atoms with Crippen LogP contribution >= 0.6 is 15.9 Å². The minimum atomic E-state index is -0.764. The van der Waals surface area contributed by atoms with Crippen LogP contribution < -0.4 is 20.2 Å². The fourth-order valence-corrected chi connectivity index (χ4v) is 2.81. The summed E-state index contributed by atoms with van der Waals surface area (Å²) in [5.74, 6) is 0.544. The number of nitrogens with one attached hydrogen (secondary N) is 2. The monoisotopic (exact) mass is 475 g/mol. The van der Waals surface area contributed by atoms with Gasteiger partial charge in [-0.2, -0.15) is 5.10 Å². The van der Waals surface area contributed by atoms with E-state index in [1.165, 1.54) is 6.21 Å². The Bertz CT molecular complexity index is 884. The van der Waals surface area contributed by atoms with Crippen LogP contribution in [0.25, 0.3) is 0 Å². The topological polar surface area (TPSA) is 89.0 Å². The highest BCUT2D eigenvalue weighted by atomic mass is 79.9. The minimum absolute atomic E-state index is 0.358. The number of amides is 2. The summed E-state index contributed by atoms with van der Waals surface area (Å²) in [4.78, 5) is 24.5. The molecule has 0 saturated carbocycles. The number of carbonyl (C=O) groups is 2. The van der Waals surface area contributed by atoms with Crippen molar-refractivity contribution in [2.24, 2.45) is 5.10 Å². The Hall–Kier alpha value is -2.87. The van der Waals surface area contributed by atoms with E-state index in [0.29, 0.717) is 23.7 Å². The van der Waals surface area contributed by atoms with Crippen LogP contribution in [0.15, 0.2) is 52.0 Å². The van der Waals surface area contributed by atoms with E-state index in [4.69, 9.17) is 9.47 Å². The van der Waals surface area contributed by atoms with E-state index in [1.54, 1.807) is 38.3 Å². The number of benzene rings is 2. The number of carbonyl (C=O) groups excluding carboxylic acids is 2. The second kappa shape index (κ2) is 12.0. The predicted octanol–water partition coefficient (Wildman–Crippen LogP) is 3.91. The smallest absolute Gasteiger partial charge is 0.262 e. The van der Waals surface area contributed by atoms with Crippen molar-refractivity contribution < 1.29 is 19.1 Å². The number of hydrazone groups is 1. The van der Waals surface area contributed by atoms with Crippen LogP contribution in [0.1, 0.15) is 42.6 Å². The summed E-state index contributed by atoms with van der Waals surface area (Å²) in [6, 6.07) is 11.4. The number of rotatable bonds is 10. The molecule has 0 radical (unpaired) electrons. The van der Waals surface area contributed by atoms with Crippen LogP contribution in [0.5, 0.6) is 11.5 Å². The highest BCUT2D eigenvalue weighted by molar-refractivity contribution is 9.10. The number of hydrogen-bond donors (Lipinski definition) is 2. The van der Waals surface area contributed by atoms with Crippen LogP contribution in [0.4, 0.5) is 0 Å². The lowest BCUT2D eigenvalue weighted by Gasteiger charge is -2.12. The lowest BCUT2D eigenvalue weighted by Crippen LogP contribution is -2.43. The van der Waals surface area contributed by atoms with Gasteiger partial charge in [0.05, 0.1) is 19.9 Å². The second-order valence-electron chi connectivity index (χ2n) is 6.54. The molecule has 2 amide bonds. The molecule has 0 fully saturated rings. The molecular formula is C22H26BrN3O4. The van der Waals surface area contributed by atoms with Crippen molar-refractivity contribution in [3.63, 3.8) is 0 Å². The van der Waals surface area contributed by atoms with E-state index in [9.17, 15) is 9.59 Å². The van der Waals surface area contributed by atoms with E-state index in [-0.39, 0.29) is 5.91 Å². The Balaban J connectivity index is 1.93.